The van der Waals surface area contributed by atoms with Crippen molar-refractivity contribution in [3.8, 4) is 5.75 Å². The van der Waals surface area contributed by atoms with Crippen molar-refractivity contribution < 1.29 is 17.9 Å². The first-order valence-corrected chi connectivity index (χ1v) is 8.40. The lowest BCUT2D eigenvalue weighted by Crippen LogP contribution is -2.23. The van der Waals surface area contributed by atoms with Gasteiger partial charge in [0.1, 0.15) is 5.75 Å². The Morgan fingerprint density at radius 1 is 1.13 bits per heavy atom. The Morgan fingerprint density at radius 3 is 2.43 bits per heavy atom. The van der Waals surface area contributed by atoms with E-state index in [0.717, 1.165) is 5.56 Å². The smallest absolute Gasteiger partial charge is 0.240 e. The van der Waals surface area contributed by atoms with Gasteiger partial charge in [-0.2, -0.15) is 0 Å². The predicted molar refractivity (Wildman–Crippen MR) is 87.8 cm³/mol. The lowest BCUT2D eigenvalue weighted by molar-refractivity contribution is -0.114. The van der Waals surface area contributed by atoms with Crippen LogP contribution in [0.4, 0.5) is 5.69 Å². The molecule has 0 fully saturated rings. The summed E-state index contributed by atoms with van der Waals surface area (Å²) in [6.07, 6.45) is 0. The van der Waals surface area contributed by atoms with Gasteiger partial charge >= 0.3 is 0 Å². The fourth-order valence-electron chi connectivity index (χ4n) is 2.00. The number of carbonyl (C=O) groups is 1. The van der Waals surface area contributed by atoms with Crippen LogP contribution in [-0.2, 0) is 21.4 Å². The third-order valence-corrected chi connectivity index (χ3v) is 4.50. The standard InChI is InChI=1S/C16H18N2O4S/c1-12(19)18-15-10-14(8-9-16(15)22-2)23(20,21)17-11-13-6-4-3-5-7-13/h3-10,17H,11H2,1-2H3,(H,18,19). The third-order valence-electron chi connectivity index (χ3n) is 3.10. The van der Waals surface area contributed by atoms with Gasteiger partial charge in [0.05, 0.1) is 17.7 Å². The molecule has 2 rings (SSSR count). The SMILES string of the molecule is COc1ccc(S(=O)(=O)NCc2ccccc2)cc1NC(C)=O. The summed E-state index contributed by atoms with van der Waals surface area (Å²) in [6, 6.07) is 13.5. The summed E-state index contributed by atoms with van der Waals surface area (Å²) in [6.45, 7) is 1.53. The number of amides is 1. The van der Waals surface area contributed by atoms with E-state index in [1.807, 2.05) is 30.3 Å². The normalized spacial score (nSPS) is 11.0. The van der Waals surface area contributed by atoms with E-state index in [1.165, 1.54) is 32.2 Å². The van der Waals surface area contributed by atoms with Crippen LogP contribution < -0.4 is 14.8 Å². The quantitative estimate of drug-likeness (QED) is 0.847. The Bertz CT molecular complexity index is 789. The molecule has 2 N–H and O–H groups in total. The van der Waals surface area contributed by atoms with Crippen LogP contribution >= 0.6 is 0 Å². The average Bonchev–Trinajstić information content (AvgIpc) is 2.53. The molecule has 0 aliphatic carbocycles. The Balaban J connectivity index is 2.23. The minimum absolute atomic E-state index is 0.0537. The molecule has 0 saturated heterocycles. The fourth-order valence-corrected chi connectivity index (χ4v) is 3.04. The summed E-state index contributed by atoms with van der Waals surface area (Å²) in [4.78, 5) is 11.3. The lowest BCUT2D eigenvalue weighted by atomic mass is 10.2. The molecule has 0 spiro atoms. The first kappa shape index (κ1) is 17.0. The maximum atomic E-state index is 12.4. The van der Waals surface area contributed by atoms with Crippen molar-refractivity contribution >= 4 is 21.6 Å². The van der Waals surface area contributed by atoms with Crippen molar-refractivity contribution in [3.63, 3.8) is 0 Å². The van der Waals surface area contributed by atoms with Crippen molar-refractivity contribution in [2.45, 2.75) is 18.4 Å². The highest BCUT2D eigenvalue weighted by Gasteiger charge is 2.16. The molecule has 23 heavy (non-hydrogen) atoms. The second-order valence-corrected chi connectivity index (χ2v) is 6.62. The van der Waals surface area contributed by atoms with E-state index in [2.05, 4.69) is 10.0 Å². The molecule has 2 aromatic carbocycles. The van der Waals surface area contributed by atoms with Crippen LogP contribution in [0.1, 0.15) is 12.5 Å². The van der Waals surface area contributed by atoms with E-state index >= 15 is 0 Å². The van der Waals surface area contributed by atoms with Gasteiger partial charge in [-0.3, -0.25) is 4.79 Å². The summed E-state index contributed by atoms with van der Waals surface area (Å²) in [5, 5.41) is 2.55. The molecule has 0 aliphatic rings. The molecule has 0 saturated carbocycles. The van der Waals surface area contributed by atoms with Gasteiger partial charge in [0.25, 0.3) is 0 Å². The van der Waals surface area contributed by atoms with Crippen molar-refractivity contribution in [2.24, 2.45) is 0 Å². The van der Waals surface area contributed by atoms with Crippen LogP contribution in [0, 0.1) is 0 Å². The summed E-state index contributed by atoms with van der Waals surface area (Å²) >= 11 is 0. The number of methoxy groups -OCH3 is 1. The van der Waals surface area contributed by atoms with Gasteiger partial charge < -0.3 is 10.1 Å². The minimum atomic E-state index is -3.70. The van der Waals surface area contributed by atoms with Gasteiger partial charge in [0.2, 0.25) is 15.9 Å². The summed E-state index contributed by atoms with van der Waals surface area (Å²) in [5.41, 5.74) is 1.16. The molecule has 7 heteroatoms. The largest absolute Gasteiger partial charge is 0.495 e. The van der Waals surface area contributed by atoms with Crippen LogP contribution in [0.2, 0.25) is 0 Å². The molecule has 1 amide bonds. The third kappa shape index (κ3) is 4.54. The number of carbonyl (C=O) groups excluding carboxylic acids is 1. The van der Waals surface area contributed by atoms with E-state index in [9.17, 15) is 13.2 Å². The maximum absolute atomic E-state index is 12.4. The highest BCUT2D eigenvalue weighted by Crippen LogP contribution is 2.27. The van der Waals surface area contributed by atoms with Gasteiger partial charge in [-0.05, 0) is 23.8 Å². The Morgan fingerprint density at radius 2 is 1.83 bits per heavy atom. The molecular weight excluding hydrogens is 316 g/mol. The number of nitrogens with one attached hydrogen (secondary N) is 2. The van der Waals surface area contributed by atoms with Gasteiger partial charge in [-0.1, -0.05) is 30.3 Å². The topological polar surface area (TPSA) is 84.5 Å². The van der Waals surface area contributed by atoms with Crippen LogP contribution in [-0.4, -0.2) is 21.4 Å². The summed E-state index contributed by atoms with van der Waals surface area (Å²) in [7, 11) is -2.25. The second kappa shape index (κ2) is 7.26. The van der Waals surface area contributed by atoms with E-state index < -0.39 is 10.0 Å². The highest BCUT2D eigenvalue weighted by atomic mass is 32.2. The van der Waals surface area contributed by atoms with Crippen LogP contribution in [0.3, 0.4) is 0 Å². The summed E-state index contributed by atoms with van der Waals surface area (Å²) in [5.74, 6) is 0.0808. The van der Waals surface area contributed by atoms with E-state index in [1.54, 1.807) is 0 Å². The Hall–Kier alpha value is -2.38. The zero-order chi connectivity index (χ0) is 16.9. The first-order chi connectivity index (χ1) is 10.9. The summed E-state index contributed by atoms with van der Waals surface area (Å²) < 4.78 is 32.4. The monoisotopic (exact) mass is 334 g/mol. The zero-order valence-electron chi connectivity index (χ0n) is 12.9. The molecule has 0 radical (unpaired) electrons. The van der Waals surface area contributed by atoms with Crippen molar-refractivity contribution in [2.75, 3.05) is 12.4 Å². The lowest BCUT2D eigenvalue weighted by Gasteiger charge is -2.12. The number of ether oxygens (including phenoxy) is 1. The number of benzene rings is 2. The number of hydrogen-bond donors (Lipinski definition) is 2. The average molecular weight is 334 g/mol. The van der Waals surface area contributed by atoms with Crippen molar-refractivity contribution in [1.29, 1.82) is 0 Å². The van der Waals surface area contributed by atoms with Crippen LogP contribution in [0.15, 0.2) is 53.4 Å². The number of sulfonamides is 1. The number of anilines is 1. The van der Waals surface area contributed by atoms with Crippen LogP contribution in [0.5, 0.6) is 5.75 Å². The maximum Gasteiger partial charge on any atom is 0.240 e. The predicted octanol–water partition coefficient (Wildman–Crippen LogP) is 2.13. The molecule has 0 bridgehead atoms. The fraction of sp³-hybridized carbons (Fsp3) is 0.188. The molecule has 2 aromatic rings. The molecule has 0 aliphatic heterocycles. The molecule has 122 valence electrons. The molecule has 6 nitrogen and oxygen atoms in total. The van der Waals surface area contributed by atoms with E-state index in [4.69, 9.17) is 4.74 Å². The van der Waals surface area contributed by atoms with Gasteiger partial charge in [0.15, 0.2) is 0 Å². The number of hydrogen-bond acceptors (Lipinski definition) is 4. The number of rotatable bonds is 6. The van der Waals surface area contributed by atoms with Crippen LogP contribution in [0.25, 0.3) is 0 Å². The first-order valence-electron chi connectivity index (χ1n) is 6.91. The highest BCUT2D eigenvalue weighted by molar-refractivity contribution is 7.89. The molecule has 0 heterocycles. The van der Waals surface area contributed by atoms with E-state index in [-0.39, 0.29) is 17.3 Å². The van der Waals surface area contributed by atoms with Gasteiger partial charge in [0, 0.05) is 13.5 Å². The zero-order valence-corrected chi connectivity index (χ0v) is 13.7. The molecule has 0 unspecified atom stereocenters. The molecular formula is C16H18N2O4S. The molecule has 0 atom stereocenters. The molecule has 0 aromatic heterocycles. The van der Waals surface area contributed by atoms with E-state index in [0.29, 0.717) is 11.4 Å². The van der Waals surface area contributed by atoms with Gasteiger partial charge in [-0.25, -0.2) is 13.1 Å². The van der Waals surface area contributed by atoms with Crippen molar-refractivity contribution in [1.82, 2.24) is 4.72 Å². The Labute approximate surface area is 135 Å². The Kier molecular flexibility index (Phi) is 5.36. The van der Waals surface area contributed by atoms with Crippen molar-refractivity contribution in [3.05, 3.63) is 54.1 Å². The minimum Gasteiger partial charge on any atom is -0.495 e. The second-order valence-electron chi connectivity index (χ2n) is 4.85. The van der Waals surface area contributed by atoms with Gasteiger partial charge in [-0.15, -0.1) is 0 Å².